The van der Waals surface area contributed by atoms with Crippen molar-refractivity contribution in [1.82, 2.24) is 10.6 Å². The number of carbonyl (C=O) groups excluding carboxylic acids is 1. The molecule has 1 heterocycles. The lowest BCUT2D eigenvalue weighted by atomic mass is 9.77. The van der Waals surface area contributed by atoms with Gasteiger partial charge in [-0.1, -0.05) is 6.92 Å². The lowest BCUT2D eigenvalue weighted by molar-refractivity contribution is -0.132. The molecular weight excluding hydrogens is 216 g/mol. The molecule has 4 nitrogen and oxygen atoms in total. The summed E-state index contributed by atoms with van der Waals surface area (Å²) in [4.78, 5) is 12.2. The highest BCUT2D eigenvalue weighted by molar-refractivity contribution is 5.82. The van der Waals surface area contributed by atoms with E-state index in [0.29, 0.717) is 0 Å². The first-order chi connectivity index (χ1) is 8.25. The van der Waals surface area contributed by atoms with E-state index in [0.717, 1.165) is 58.3 Å². The van der Waals surface area contributed by atoms with Crippen molar-refractivity contribution in [3.8, 4) is 0 Å². The van der Waals surface area contributed by atoms with Crippen molar-refractivity contribution in [3.63, 3.8) is 0 Å². The lowest BCUT2D eigenvalue weighted by Crippen LogP contribution is -2.50. The van der Waals surface area contributed by atoms with E-state index in [-0.39, 0.29) is 11.3 Å². The maximum absolute atomic E-state index is 12.2. The number of hydrogen-bond donors (Lipinski definition) is 2. The minimum atomic E-state index is -0.167. The zero-order chi connectivity index (χ0) is 12.6. The molecule has 1 rings (SSSR count). The molecule has 1 atom stereocenters. The van der Waals surface area contributed by atoms with Crippen LogP contribution in [0.2, 0.25) is 0 Å². The number of amides is 1. The molecule has 1 aliphatic rings. The van der Waals surface area contributed by atoms with Gasteiger partial charge in [0.05, 0.1) is 5.41 Å². The zero-order valence-corrected chi connectivity index (χ0v) is 11.2. The lowest BCUT2D eigenvalue weighted by Gasteiger charge is -2.35. The molecule has 100 valence electrons. The van der Waals surface area contributed by atoms with Crippen LogP contribution in [0.5, 0.6) is 0 Å². The van der Waals surface area contributed by atoms with Crippen LogP contribution >= 0.6 is 0 Å². The number of piperidine rings is 1. The molecule has 1 aliphatic heterocycles. The van der Waals surface area contributed by atoms with E-state index in [4.69, 9.17) is 4.74 Å². The number of nitrogens with one attached hydrogen (secondary N) is 2. The van der Waals surface area contributed by atoms with Gasteiger partial charge in [0.15, 0.2) is 0 Å². The van der Waals surface area contributed by atoms with E-state index in [9.17, 15) is 4.79 Å². The molecule has 0 saturated carbocycles. The van der Waals surface area contributed by atoms with Gasteiger partial charge in [0.1, 0.15) is 0 Å². The van der Waals surface area contributed by atoms with E-state index < -0.39 is 0 Å². The molecule has 1 saturated heterocycles. The van der Waals surface area contributed by atoms with Gasteiger partial charge in [-0.15, -0.1) is 0 Å². The van der Waals surface area contributed by atoms with Gasteiger partial charge in [0.2, 0.25) is 5.91 Å². The number of carbonyl (C=O) groups is 1. The summed E-state index contributed by atoms with van der Waals surface area (Å²) in [6.07, 6.45) is 5.04. The van der Waals surface area contributed by atoms with E-state index in [1.807, 2.05) is 0 Å². The fourth-order valence-electron chi connectivity index (χ4n) is 2.38. The Kier molecular flexibility index (Phi) is 6.52. The van der Waals surface area contributed by atoms with Gasteiger partial charge in [-0.25, -0.2) is 0 Å². The van der Waals surface area contributed by atoms with Crippen molar-refractivity contribution in [2.24, 2.45) is 5.41 Å². The Bertz CT molecular complexity index is 225. The molecule has 0 aromatic rings. The molecule has 0 aromatic carbocycles. The van der Waals surface area contributed by atoms with E-state index >= 15 is 0 Å². The largest absolute Gasteiger partial charge is 0.385 e. The minimum Gasteiger partial charge on any atom is -0.385 e. The second-order valence-electron chi connectivity index (χ2n) is 4.87. The molecule has 1 fully saturated rings. The summed E-state index contributed by atoms with van der Waals surface area (Å²) < 4.78 is 4.98. The molecule has 2 N–H and O–H groups in total. The van der Waals surface area contributed by atoms with Crippen LogP contribution in [-0.2, 0) is 9.53 Å². The Labute approximate surface area is 104 Å². The van der Waals surface area contributed by atoms with Crippen LogP contribution in [-0.4, -0.2) is 39.3 Å². The first kappa shape index (κ1) is 14.5. The highest BCUT2D eigenvalue weighted by atomic mass is 16.5. The molecular formula is C13H26N2O2. The molecule has 17 heavy (non-hydrogen) atoms. The van der Waals surface area contributed by atoms with Gasteiger partial charge in [0.25, 0.3) is 0 Å². The van der Waals surface area contributed by atoms with Crippen molar-refractivity contribution in [1.29, 1.82) is 0 Å². The zero-order valence-electron chi connectivity index (χ0n) is 11.2. The fraction of sp³-hybridized carbons (Fsp3) is 0.923. The van der Waals surface area contributed by atoms with Crippen LogP contribution in [0.3, 0.4) is 0 Å². The quantitative estimate of drug-likeness (QED) is 0.662. The van der Waals surface area contributed by atoms with Crippen LogP contribution in [0, 0.1) is 5.41 Å². The predicted octanol–water partition coefficient (Wildman–Crippen LogP) is 1.31. The van der Waals surface area contributed by atoms with Crippen molar-refractivity contribution in [2.45, 2.75) is 39.0 Å². The fourth-order valence-corrected chi connectivity index (χ4v) is 2.38. The Morgan fingerprint density at radius 2 is 2.29 bits per heavy atom. The molecule has 0 aliphatic carbocycles. The summed E-state index contributed by atoms with van der Waals surface area (Å²) in [6.45, 7) is 5.52. The van der Waals surface area contributed by atoms with Gasteiger partial charge in [-0.3, -0.25) is 4.79 Å². The number of rotatable bonds is 7. The maximum Gasteiger partial charge on any atom is 0.227 e. The molecule has 0 aromatic heterocycles. The van der Waals surface area contributed by atoms with Gasteiger partial charge in [-0.05, 0) is 38.6 Å². The topological polar surface area (TPSA) is 50.4 Å². The first-order valence-corrected chi connectivity index (χ1v) is 6.73. The average Bonchev–Trinajstić information content (AvgIpc) is 2.39. The summed E-state index contributed by atoms with van der Waals surface area (Å²) in [6, 6.07) is 0. The number of hydrogen-bond acceptors (Lipinski definition) is 3. The second kappa shape index (κ2) is 7.67. The van der Waals surface area contributed by atoms with Crippen LogP contribution in [0.1, 0.15) is 39.0 Å². The Hall–Kier alpha value is -0.610. The predicted molar refractivity (Wildman–Crippen MR) is 68.9 cm³/mol. The minimum absolute atomic E-state index is 0.167. The monoisotopic (exact) mass is 242 g/mol. The van der Waals surface area contributed by atoms with Crippen LogP contribution in [0.25, 0.3) is 0 Å². The standard InChI is InChI=1S/C13H26N2O2/c1-3-13(7-6-8-14-11-13)12(16)15-9-4-5-10-17-2/h14H,3-11H2,1-2H3,(H,15,16). The Morgan fingerprint density at radius 3 is 2.88 bits per heavy atom. The van der Waals surface area contributed by atoms with E-state index in [1.54, 1.807) is 7.11 Å². The highest BCUT2D eigenvalue weighted by Gasteiger charge is 2.37. The van der Waals surface area contributed by atoms with Crippen molar-refractivity contribution in [2.75, 3.05) is 33.4 Å². The van der Waals surface area contributed by atoms with Crippen molar-refractivity contribution in [3.05, 3.63) is 0 Å². The van der Waals surface area contributed by atoms with Gasteiger partial charge >= 0.3 is 0 Å². The van der Waals surface area contributed by atoms with E-state index in [2.05, 4.69) is 17.6 Å². The Morgan fingerprint density at radius 1 is 1.47 bits per heavy atom. The van der Waals surface area contributed by atoms with Crippen molar-refractivity contribution < 1.29 is 9.53 Å². The van der Waals surface area contributed by atoms with Gasteiger partial charge in [0, 0.05) is 26.8 Å². The van der Waals surface area contributed by atoms with Crippen molar-refractivity contribution >= 4 is 5.91 Å². The smallest absolute Gasteiger partial charge is 0.227 e. The molecule has 0 radical (unpaired) electrons. The highest BCUT2D eigenvalue weighted by Crippen LogP contribution is 2.30. The second-order valence-corrected chi connectivity index (χ2v) is 4.87. The normalized spacial score (nSPS) is 24.6. The molecule has 1 amide bonds. The molecule has 0 spiro atoms. The Balaban J connectivity index is 2.28. The molecule has 1 unspecified atom stereocenters. The average molecular weight is 242 g/mol. The third-order valence-electron chi connectivity index (χ3n) is 3.69. The van der Waals surface area contributed by atoms with Crippen LogP contribution in [0.4, 0.5) is 0 Å². The number of ether oxygens (including phenoxy) is 1. The summed E-state index contributed by atoms with van der Waals surface area (Å²) in [5.74, 6) is 0.226. The molecule has 0 bridgehead atoms. The number of unbranched alkanes of at least 4 members (excludes halogenated alkanes) is 1. The third kappa shape index (κ3) is 4.28. The summed E-state index contributed by atoms with van der Waals surface area (Å²) >= 11 is 0. The van der Waals surface area contributed by atoms with Crippen LogP contribution in [0.15, 0.2) is 0 Å². The van der Waals surface area contributed by atoms with E-state index in [1.165, 1.54) is 0 Å². The molecule has 4 heteroatoms. The van der Waals surface area contributed by atoms with Gasteiger partial charge < -0.3 is 15.4 Å². The SMILES string of the molecule is CCC1(C(=O)NCCCCOC)CCCNC1. The maximum atomic E-state index is 12.2. The van der Waals surface area contributed by atoms with Crippen LogP contribution < -0.4 is 10.6 Å². The summed E-state index contributed by atoms with van der Waals surface area (Å²) in [7, 11) is 1.71. The summed E-state index contributed by atoms with van der Waals surface area (Å²) in [5.41, 5.74) is -0.167. The third-order valence-corrected chi connectivity index (χ3v) is 3.69. The first-order valence-electron chi connectivity index (χ1n) is 6.73. The number of methoxy groups -OCH3 is 1. The summed E-state index contributed by atoms with van der Waals surface area (Å²) in [5, 5.41) is 6.41. The van der Waals surface area contributed by atoms with Gasteiger partial charge in [-0.2, -0.15) is 0 Å².